The minimum absolute atomic E-state index is 0.141. The normalized spacial score (nSPS) is 12.5. The van der Waals surface area contributed by atoms with Gasteiger partial charge in [-0.05, 0) is 22.9 Å². The van der Waals surface area contributed by atoms with E-state index in [1.807, 2.05) is 20.8 Å². The molecule has 6 nitrogen and oxygen atoms in total. The fourth-order valence-electron chi connectivity index (χ4n) is 1.59. The Morgan fingerprint density at radius 2 is 2.14 bits per heavy atom. The van der Waals surface area contributed by atoms with Crippen molar-refractivity contribution in [2.75, 3.05) is 26.8 Å². The molecule has 0 aliphatic carbocycles. The predicted molar refractivity (Wildman–Crippen MR) is 84.7 cm³/mol. The fourth-order valence-corrected chi connectivity index (χ4v) is 3.70. The summed E-state index contributed by atoms with van der Waals surface area (Å²) in [6, 6.07) is 1.84. The van der Waals surface area contributed by atoms with Gasteiger partial charge in [-0.2, -0.15) is 4.31 Å². The molecule has 0 saturated carbocycles. The molecule has 0 aliphatic rings. The van der Waals surface area contributed by atoms with Gasteiger partial charge in [0.15, 0.2) is 4.67 Å². The van der Waals surface area contributed by atoms with Crippen molar-refractivity contribution < 1.29 is 17.6 Å². The van der Waals surface area contributed by atoms with Crippen LogP contribution in [-0.2, 0) is 21.3 Å². The van der Waals surface area contributed by atoms with Crippen molar-refractivity contribution in [3.05, 3.63) is 16.5 Å². The van der Waals surface area contributed by atoms with Crippen LogP contribution in [0.3, 0.4) is 0 Å². The molecule has 0 atom stereocenters. The van der Waals surface area contributed by atoms with Gasteiger partial charge in [0.1, 0.15) is 10.7 Å². The van der Waals surface area contributed by atoms with E-state index < -0.39 is 10.0 Å². The van der Waals surface area contributed by atoms with Crippen LogP contribution in [0.25, 0.3) is 0 Å². The smallest absolute Gasteiger partial charge is 0.247 e. The molecule has 0 aromatic carbocycles. The molecule has 1 aromatic heterocycles. The second kappa shape index (κ2) is 8.28. The third kappa shape index (κ3) is 5.37. The average molecular weight is 383 g/mol. The Hall–Kier alpha value is -0.410. The van der Waals surface area contributed by atoms with Gasteiger partial charge in [-0.1, -0.05) is 13.8 Å². The predicted octanol–water partition coefficient (Wildman–Crippen LogP) is 2.20. The Morgan fingerprint density at radius 3 is 2.71 bits per heavy atom. The Bertz CT molecular complexity index is 542. The Morgan fingerprint density at radius 1 is 1.48 bits per heavy atom. The largest absolute Gasteiger partial charge is 0.452 e. The summed E-state index contributed by atoms with van der Waals surface area (Å²) < 4.78 is 37.0. The van der Waals surface area contributed by atoms with E-state index in [-0.39, 0.29) is 9.56 Å². The molecule has 0 bridgehead atoms. The molecule has 0 spiro atoms. The van der Waals surface area contributed by atoms with Crippen molar-refractivity contribution in [3.63, 3.8) is 0 Å². The van der Waals surface area contributed by atoms with Gasteiger partial charge in [0.05, 0.1) is 13.2 Å². The van der Waals surface area contributed by atoms with Crippen LogP contribution < -0.4 is 5.32 Å². The van der Waals surface area contributed by atoms with Gasteiger partial charge in [0, 0.05) is 32.3 Å². The van der Waals surface area contributed by atoms with Crippen LogP contribution in [0.1, 0.15) is 26.5 Å². The number of hydrogen-bond donors (Lipinski definition) is 1. The van der Waals surface area contributed by atoms with E-state index in [2.05, 4.69) is 21.2 Å². The zero-order valence-corrected chi connectivity index (χ0v) is 15.3. The highest BCUT2D eigenvalue weighted by molar-refractivity contribution is 9.10. The number of likely N-dealkylation sites (N-methyl/N-ethyl adjacent to an activating group) is 1. The summed E-state index contributed by atoms with van der Waals surface area (Å²) >= 11 is 3.18. The lowest BCUT2D eigenvalue weighted by atomic mass is 10.3. The van der Waals surface area contributed by atoms with E-state index in [1.54, 1.807) is 6.07 Å². The van der Waals surface area contributed by atoms with Crippen molar-refractivity contribution in [2.24, 2.45) is 0 Å². The number of ether oxygens (including phenoxy) is 1. The maximum Gasteiger partial charge on any atom is 0.247 e. The fraction of sp³-hybridized carbons (Fsp3) is 0.692. The van der Waals surface area contributed by atoms with Gasteiger partial charge >= 0.3 is 0 Å². The van der Waals surface area contributed by atoms with Crippen molar-refractivity contribution in [2.45, 2.75) is 38.3 Å². The third-order valence-electron chi connectivity index (χ3n) is 2.83. The zero-order chi connectivity index (χ0) is 16.0. The van der Waals surface area contributed by atoms with Crippen LogP contribution in [0.4, 0.5) is 0 Å². The molecule has 0 amide bonds. The van der Waals surface area contributed by atoms with Crippen LogP contribution in [-0.4, -0.2) is 45.6 Å². The highest BCUT2D eigenvalue weighted by Crippen LogP contribution is 2.28. The molecule has 0 unspecified atom stereocenters. The molecule has 0 radical (unpaired) electrons. The number of nitrogens with zero attached hydrogens (tertiary/aromatic N) is 1. The SMILES string of the molecule is CCOCCN(C)S(=O)(=O)c1cc(CNC(C)C)oc1Br. The number of sulfonamides is 1. The first-order valence-electron chi connectivity index (χ1n) is 6.84. The quantitative estimate of drug-likeness (QED) is 0.662. The van der Waals surface area contributed by atoms with Gasteiger partial charge < -0.3 is 14.5 Å². The lowest BCUT2D eigenvalue weighted by Gasteiger charge is -2.15. The number of furan rings is 1. The number of rotatable bonds is 9. The Kier molecular flexibility index (Phi) is 7.35. The molecular weight excluding hydrogens is 360 g/mol. The van der Waals surface area contributed by atoms with Crippen LogP contribution in [0.15, 0.2) is 20.0 Å². The van der Waals surface area contributed by atoms with Crippen molar-refractivity contribution in [1.82, 2.24) is 9.62 Å². The molecular formula is C13H23BrN2O4S. The van der Waals surface area contributed by atoms with E-state index in [9.17, 15) is 8.42 Å². The van der Waals surface area contributed by atoms with Crippen LogP contribution >= 0.6 is 15.9 Å². The zero-order valence-electron chi connectivity index (χ0n) is 12.8. The first-order valence-corrected chi connectivity index (χ1v) is 9.08. The van der Waals surface area contributed by atoms with E-state index in [0.29, 0.717) is 38.1 Å². The maximum atomic E-state index is 12.5. The topological polar surface area (TPSA) is 71.8 Å². The van der Waals surface area contributed by atoms with Crippen molar-refractivity contribution in [3.8, 4) is 0 Å². The summed E-state index contributed by atoms with van der Waals surface area (Å²) in [6.07, 6.45) is 0. The monoisotopic (exact) mass is 382 g/mol. The van der Waals surface area contributed by atoms with Gasteiger partial charge in [-0.3, -0.25) is 0 Å². The maximum absolute atomic E-state index is 12.5. The van der Waals surface area contributed by atoms with Gasteiger partial charge in [-0.15, -0.1) is 0 Å². The first kappa shape index (κ1) is 18.6. The summed E-state index contributed by atoms with van der Waals surface area (Å²) in [4.78, 5) is 0.141. The molecule has 1 rings (SSSR count). The molecule has 8 heteroatoms. The summed E-state index contributed by atoms with van der Waals surface area (Å²) in [5, 5.41) is 3.18. The molecule has 0 fully saturated rings. The molecule has 21 heavy (non-hydrogen) atoms. The van der Waals surface area contributed by atoms with Crippen LogP contribution in [0.2, 0.25) is 0 Å². The Balaban J connectivity index is 2.82. The molecule has 1 N–H and O–H groups in total. The second-order valence-corrected chi connectivity index (χ2v) is 7.64. The first-order chi connectivity index (χ1) is 9.78. The number of nitrogens with one attached hydrogen (secondary N) is 1. The van der Waals surface area contributed by atoms with E-state index in [0.717, 1.165) is 0 Å². The van der Waals surface area contributed by atoms with Gasteiger partial charge in [-0.25, -0.2) is 8.42 Å². The average Bonchev–Trinajstić information content (AvgIpc) is 2.78. The minimum Gasteiger partial charge on any atom is -0.452 e. The molecule has 1 heterocycles. The summed E-state index contributed by atoms with van der Waals surface area (Å²) in [5.41, 5.74) is 0. The lowest BCUT2D eigenvalue weighted by Crippen LogP contribution is -2.30. The van der Waals surface area contributed by atoms with Crippen LogP contribution in [0.5, 0.6) is 0 Å². The third-order valence-corrected chi connectivity index (χ3v) is 5.55. The Labute approximate surface area is 135 Å². The molecule has 0 aliphatic heterocycles. The van der Waals surface area contributed by atoms with Gasteiger partial charge in [0.25, 0.3) is 0 Å². The standard InChI is InChI=1S/C13H23BrN2O4S/c1-5-19-7-6-16(4)21(17,18)12-8-11(20-13(12)14)9-15-10(2)3/h8,10,15H,5-7,9H2,1-4H3. The lowest BCUT2D eigenvalue weighted by molar-refractivity contribution is 0.138. The molecule has 1 aromatic rings. The van der Waals surface area contributed by atoms with Crippen molar-refractivity contribution in [1.29, 1.82) is 0 Å². The minimum atomic E-state index is -3.58. The van der Waals surface area contributed by atoms with E-state index in [4.69, 9.17) is 9.15 Å². The highest BCUT2D eigenvalue weighted by Gasteiger charge is 2.26. The number of halogens is 1. The molecule has 122 valence electrons. The van der Waals surface area contributed by atoms with Crippen molar-refractivity contribution >= 4 is 26.0 Å². The summed E-state index contributed by atoms with van der Waals surface area (Å²) in [5.74, 6) is 0.576. The van der Waals surface area contributed by atoms with E-state index in [1.165, 1.54) is 11.4 Å². The highest BCUT2D eigenvalue weighted by atomic mass is 79.9. The van der Waals surface area contributed by atoms with E-state index >= 15 is 0 Å². The summed E-state index contributed by atoms with van der Waals surface area (Å²) in [7, 11) is -2.06. The molecule has 0 saturated heterocycles. The van der Waals surface area contributed by atoms with Gasteiger partial charge in [0.2, 0.25) is 10.0 Å². The number of hydrogen-bond acceptors (Lipinski definition) is 5. The summed E-state index contributed by atoms with van der Waals surface area (Å²) in [6.45, 7) is 7.60. The second-order valence-electron chi connectivity index (χ2n) is 4.91. The van der Waals surface area contributed by atoms with Crippen LogP contribution in [0, 0.1) is 0 Å².